The summed E-state index contributed by atoms with van der Waals surface area (Å²) in [7, 11) is 0. The van der Waals surface area contributed by atoms with Crippen molar-refractivity contribution in [2.75, 3.05) is 13.1 Å². The van der Waals surface area contributed by atoms with E-state index in [2.05, 4.69) is 10.6 Å². The topological polar surface area (TPSA) is 132 Å². The van der Waals surface area contributed by atoms with Crippen molar-refractivity contribution in [3.8, 4) is 11.8 Å². The molecule has 9 heteroatoms. The van der Waals surface area contributed by atoms with E-state index in [0.717, 1.165) is 17.7 Å². The van der Waals surface area contributed by atoms with Gasteiger partial charge in [-0.1, -0.05) is 51.8 Å². The van der Waals surface area contributed by atoms with Gasteiger partial charge < -0.3 is 25.4 Å². The molecule has 0 heterocycles. The van der Waals surface area contributed by atoms with Gasteiger partial charge in [0, 0.05) is 12.1 Å². The molecule has 3 atom stereocenters. The molecule has 35 heavy (non-hydrogen) atoms. The maximum atomic E-state index is 13.8. The molecule has 3 N–H and O–H groups in total. The summed E-state index contributed by atoms with van der Waals surface area (Å²) in [6, 6.07) is 4.58. The van der Waals surface area contributed by atoms with Gasteiger partial charge in [-0.15, -0.1) is 0 Å². The number of hydrogen-bond donors (Lipinski definition) is 3. The van der Waals surface area contributed by atoms with E-state index in [1.807, 2.05) is 19.9 Å². The molecule has 0 aliphatic rings. The molecule has 0 aliphatic heterocycles. The number of alkyl carbamates (subject to hydrolysis) is 1. The number of amides is 3. The van der Waals surface area contributed by atoms with Crippen LogP contribution in [0.2, 0.25) is 0 Å². The van der Waals surface area contributed by atoms with Crippen molar-refractivity contribution >= 4 is 17.9 Å². The fourth-order valence-corrected chi connectivity index (χ4v) is 3.51. The number of ether oxygens (including phenoxy) is 1. The molecule has 1 rings (SSSR count). The normalized spacial score (nSPS) is 13.7. The lowest BCUT2D eigenvalue weighted by molar-refractivity contribution is -0.142. The van der Waals surface area contributed by atoms with Crippen molar-refractivity contribution in [3.05, 3.63) is 29.3 Å². The predicted octanol–water partition coefficient (Wildman–Crippen LogP) is 3.95. The monoisotopic (exact) mass is 488 g/mol. The van der Waals surface area contributed by atoms with E-state index in [1.54, 1.807) is 52.8 Å². The van der Waals surface area contributed by atoms with Crippen molar-refractivity contribution in [1.29, 1.82) is 5.26 Å². The van der Waals surface area contributed by atoms with Crippen LogP contribution in [0, 0.1) is 24.2 Å². The standard InChI is InChI=1S/C26H40N4O5/c1-8-10-15-28-23(32)21(19-13-11-12-18(4)22(19)31)30(16-14-27)24(33)20(17(3)9-2)29-25(34)35-26(5,6)7/h11-13,17,20-21,31H,8-10,15-16H2,1-7H3,(H,28,32)(H,29,34). The number of phenols is 1. The fraction of sp³-hybridized carbons (Fsp3) is 0.615. The van der Waals surface area contributed by atoms with E-state index in [4.69, 9.17) is 4.74 Å². The van der Waals surface area contributed by atoms with Crippen LogP contribution in [-0.4, -0.2) is 52.6 Å². The molecule has 0 aliphatic carbocycles. The van der Waals surface area contributed by atoms with Crippen LogP contribution in [0.15, 0.2) is 18.2 Å². The smallest absolute Gasteiger partial charge is 0.408 e. The van der Waals surface area contributed by atoms with Crippen molar-refractivity contribution < 1.29 is 24.2 Å². The van der Waals surface area contributed by atoms with Crippen molar-refractivity contribution in [1.82, 2.24) is 15.5 Å². The highest BCUT2D eigenvalue weighted by Gasteiger charge is 2.39. The van der Waals surface area contributed by atoms with Gasteiger partial charge in [0.15, 0.2) is 0 Å². The Kier molecular flexibility index (Phi) is 11.5. The number of carbonyl (C=O) groups is 3. The number of benzene rings is 1. The van der Waals surface area contributed by atoms with Crippen LogP contribution in [0.4, 0.5) is 4.79 Å². The first kappa shape index (κ1) is 29.8. The lowest BCUT2D eigenvalue weighted by Crippen LogP contribution is -2.55. The first-order valence-corrected chi connectivity index (χ1v) is 12.1. The average Bonchev–Trinajstić information content (AvgIpc) is 2.77. The van der Waals surface area contributed by atoms with Gasteiger partial charge in [0.05, 0.1) is 6.07 Å². The lowest BCUT2D eigenvalue weighted by Gasteiger charge is -2.35. The summed E-state index contributed by atoms with van der Waals surface area (Å²) in [5.74, 6) is -1.56. The summed E-state index contributed by atoms with van der Waals surface area (Å²) >= 11 is 0. The van der Waals surface area contributed by atoms with E-state index >= 15 is 0 Å². The summed E-state index contributed by atoms with van der Waals surface area (Å²) in [5.41, 5.74) is -0.0273. The predicted molar refractivity (Wildman–Crippen MR) is 133 cm³/mol. The summed E-state index contributed by atoms with van der Waals surface area (Å²) in [5, 5.41) is 25.8. The van der Waals surface area contributed by atoms with Crippen LogP contribution in [0.5, 0.6) is 5.75 Å². The highest BCUT2D eigenvalue weighted by molar-refractivity contribution is 5.93. The minimum atomic E-state index is -1.26. The number of phenolic OH excluding ortho intramolecular Hbond substituents is 1. The summed E-state index contributed by atoms with van der Waals surface area (Å²) in [6.45, 7) is 12.5. The first-order chi connectivity index (χ1) is 16.4. The van der Waals surface area contributed by atoms with E-state index in [0.29, 0.717) is 18.5 Å². The third kappa shape index (κ3) is 8.78. The number of para-hydroxylation sites is 1. The second-order valence-electron chi connectivity index (χ2n) is 9.69. The number of aryl methyl sites for hydroxylation is 1. The first-order valence-electron chi connectivity index (χ1n) is 12.1. The van der Waals surface area contributed by atoms with Gasteiger partial charge in [0.2, 0.25) is 11.8 Å². The summed E-state index contributed by atoms with van der Waals surface area (Å²) in [4.78, 5) is 40.8. The second kappa shape index (κ2) is 13.6. The molecule has 194 valence electrons. The Labute approximate surface area is 208 Å². The Balaban J connectivity index is 3.51. The van der Waals surface area contributed by atoms with E-state index in [1.165, 1.54) is 0 Å². The van der Waals surface area contributed by atoms with Crippen LogP contribution in [0.3, 0.4) is 0 Å². The van der Waals surface area contributed by atoms with Gasteiger partial charge in [-0.05, 0) is 45.6 Å². The molecule has 1 aromatic carbocycles. The molecule has 0 bridgehead atoms. The lowest BCUT2D eigenvalue weighted by atomic mass is 9.95. The maximum Gasteiger partial charge on any atom is 0.408 e. The number of nitrogens with one attached hydrogen (secondary N) is 2. The molecule has 0 saturated heterocycles. The highest BCUT2D eigenvalue weighted by atomic mass is 16.6. The molecule has 0 spiro atoms. The van der Waals surface area contributed by atoms with E-state index in [9.17, 15) is 24.8 Å². The highest BCUT2D eigenvalue weighted by Crippen LogP contribution is 2.32. The van der Waals surface area contributed by atoms with Crippen LogP contribution in [-0.2, 0) is 14.3 Å². The molecule has 0 aromatic heterocycles. The number of nitrogens with zero attached hydrogens (tertiary/aromatic N) is 2. The largest absolute Gasteiger partial charge is 0.507 e. The van der Waals surface area contributed by atoms with Crippen LogP contribution >= 0.6 is 0 Å². The van der Waals surface area contributed by atoms with E-state index in [-0.39, 0.29) is 17.2 Å². The quantitative estimate of drug-likeness (QED) is 0.319. The minimum absolute atomic E-state index is 0.126. The SMILES string of the molecule is CCCCNC(=O)C(c1cccc(C)c1O)N(CC#N)C(=O)C(NC(=O)OC(C)(C)C)C(C)CC. The molecule has 9 nitrogen and oxygen atoms in total. The molecule has 1 aromatic rings. The van der Waals surface area contributed by atoms with Crippen molar-refractivity contribution in [2.45, 2.75) is 85.4 Å². The number of nitriles is 1. The zero-order chi connectivity index (χ0) is 26.8. The third-order valence-corrected chi connectivity index (χ3v) is 5.63. The molecule has 3 amide bonds. The van der Waals surface area contributed by atoms with Gasteiger partial charge in [0.1, 0.15) is 30.0 Å². The van der Waals surface area contributed by atoms with Crippen LogP contribution in [0.1, 0.15) is 78.0 Å². The Morgan fingerprint density at radius 1 is 1.23 bits per heavy atom. The molecule has 0 fully saturated rings. The van der Waals surface area contributed by atoms with E-state index < -0.39 is 42.1 Å². The second-order valence-corrected chi connectivity index (χ2v) is 9.69. The third-order valence-electron chi connectivity index (χ3n) is 5.63. The molecular formula is C26H40N4O5. The van der Waals surface area contributed by atoms with Crippen LogP contribution < -0.4 is 10.6 Å². The van der Waals surface area contributed by atoms with Gasteiger partial charge in [0.25, 0.3) is 0 Å². The molecule has 0 radical (unpaired) electrons. The summed E-state index contributed by atoms with van der Waals surface area (Å²) in [6.07, 6.45) is 1.38. The van der Waals surface area contributed by atoms with Crippen molar-refractivity contribution in [2.24, 2.45) is 5.92 Å². The Morgan fingerprint density at radius 3 is 2.43 bits per heavy atom. The zero-order valence-electron chi connectivity index (χ0n) is 22.0. The molecule has 3 unspecified atom stereocenters. The molecule has 0 saturated carbocycles. The van der Waals surface area contributed by atoms with Gasteiger partial charge in [-0.25, -0.2) is 4.79 Å². The number of rotatable bonds is 11. The Morgan fingerprint density at radius 2 is 1.89 bits per heavy atom. The van der Waals surface area contributed by atoms with Crippen molar-refractivity contribution in [3.63, 3.8) is 0 Å². The minimum Gasteiger partial charge on any atom is -0.507 e. The Hall–Kier alpha value is -3.28. The zero-order valence-corrected chi connectivity index (χ0v) is 22.0. The van der Waals surface area contributed by atoms with Gasteiger partial charge in [-0.3, -0.25) is 9.59 Å². The van der Waals surface area contributed by atoms with Gasteiger partial charge >= 0.3 is 6.09 Å². The molecular weight excluding hydrogens is 448 g/mol. The number of carbonyl (C=O) groups excluding carboxylic acids is 3. The average molecular weight is 489 g/mol. The number of hydrogen-bond acceptors (Lipinski definition) is 6. The Bertz CT molecular complexity index is 919. The maximum absolute atomic E-state index is 13.8. The van der Waals surface area contributed by atoms with Crippen LogP contribution in [0.25, 0.3) is 0 Å². The number of aromatic hydroxyl groups is 1. The number of unbranched alkanes of at least 4 members (excludes halogenated alkanes) is 1. The fourth-order valence-electron chi connectivity index (χ4n) is 3.51. The summed E-state index contributed by atoms with van der Waals surface area (Å²) < 4.78 is 5.34. The van der Waals surface area contributed by atoms with Gasteiger partial charge in [-0.2, -0.15) is 5.26 Å².